The molecule has 0 unspecified atom stereocenters. The maximum absolute atomic E-state index is 11.9. The van der Waals surface area contributed by atoms with E-state index in [1.54, 1.807) is 5.38 Å². The molecule has 1 saturated carbocycles. The fraction of sp³-hybridized carbons (Fsp3) is 0.571. The van der Waals surface area contributed by atoms with E-state index in [0.717, 1.165) is 24.5 Å². The first-order valence-corrected chi connectivity index (χ1v) is 8.19. The third-order valence-electron chi connectivity index (χ3n) is 3.13. The van der Waals surface area contributed by atoms with Crippen molar-refractivity contribution >= 4 is 22.4 Å². The van der Waals surface area contributed by atoms with Crippen molar-refractivity contribution in [1.29, 1.82) is 0 Å². The highest BCUT2D eigenvalue weighted by Crippen LogP contribution is 2.38. The van der Waals surface area contributed by atoms with Crippen molar-refractivity contribution in [3.05, 3.63) is 22.8 Å². The second-order valence-corrected chi connectivity index (χ2v) is 6.57. The second-order valence-electron chi connectivity index (χ2n) is 5.71. The van der Waals surface area contributed by atoms with Gasteiger partial charge in [-0.05, 0) is 18.8 Å². The summed E-state index contributed by atoms with van der Waals surface area (Å²) < 4.78 is 10.2. The van der Waals surface area contributed by atoms with Crippen LogP contribution < -0.4 is 5.32 Å². The molecule has 0 atom stereocenters. The Labute approximate surface area is 132 Å². The number of carbonyl (C=O) groups excluding carboxylic acids is 1. The lowest BCUT2D eigenvalue weighted by atomic mass is 10.2. The van der Waals surface area contributed by atoms with Gasteiger partial charge in [-0.3, -0.25) is 0 Å². The van der Waals surface area contributed by atoms with Crippen LogP contribution in [0.15, 0.2) is 9.90 Å². The van der Waals surface area contributed by atoms with Crippen molar-refractivity contribution in [3.63, 3.8) is 0 Å². The summed E-state index contributed by atoms with van der Waals surface area (Å²) in [5.74, 6) is 1.47. The smallest absolute Gasteiger partial charge is 0.358 e. The van der Waals surface area contributed by atoms with Gasteiger partial charge in [0, 0.05) is 17.8 Å². The zero-order chi connectivity index (χ0) is 15.5. The first kappa shape index (κ1) is 15.0. The zero-order valence-corrected chi connectivity index (χ0v) is 13.4. The number of nitrogens with one attached hydrogen (secondary N) is 1. The molecule has 118 valence electrons. The fourth-order valence-corrected chi connectivity index (χ4v) is 2.47. The minimum absolute atomic E-state index is 0.0230. The number of hydrogen-bond donors (Lipinski definition) is 1. The standard InChI is InChI=1S/C14H18N4O3S/c1-8(2)5-15-14-16-10(7-22-14)13(19)20-6-11-17-12(18-21-11)9-3-4-9/h7-9H,3-6H2,1-2H3,(H,15,16). The van der Waals surface area contributed by atoms with Crippen LogP contribution in [0.1, 0.15) is 54.8 Å². The summed E-state index contributed by atoms with van der Waals surface area (Å²) in [4.78, 5) is 20.3. The number of rotatable bonds is 7. The number of thiazole rings is 1. The van der Waals surface area contributed by atoms with E-state index in [1.165, 1.54) is 11.3 Å². The second kappa shape index (κ2) is 6.43. The summed E-state index contributed by atoms with van der Waals surface area (Å²) >= 11 is 1.38. The Morgan fingerprint density at radius 3 is 3.05 bits per heavy atom. The van der Waals surface area contributed by atoms with E-state index in [1.807, 2.05) is 0 Å². The molecule has 2 aromatic rings. The van der Waals surface area contributed by atoms with Gasteiger partial charge in [0.2, 0.25) is 0 Å². The van der Waals surface area contributed by atoms with Crippen LogP contribution in [0.5, 0.6) is 0 Å². The molecule has 0 spiro atoms. The number of carbonyl (C=O) groups is 1. The molecule has 0 aromatic carbocycles. The van der Waals surface area contributed by atoms with Crippen LogP contribution in [0.3, 0.4) is 0 Å². The maximum Gasteiger partial charge on any atom is 0.358 e. The molecular formula is C14H18N4O3S. The summed E-state index contributed by atoms with van der Waals surface area (Å²) in [7, 11) is 0. The lowest BCUT2D eigenvalue weighted by molar-refractivity contribution is 0.0424. The molecule has 7 nitrogen and oxygen atoms in total. The van der Waals surface area contributed by atoms with Crippen molar-refractivity contribution in [2.24, 2.45) is 5.92 Å². The van der Waals surface area contributed by atoms with Crippen molar-refractivity contribution in [2.75, 3.05) is 11.9 Å². The molecule has 1 fully saturated rings. The molecule has 2 aromatic heterocycles. The van der Waals surface area contributed by atoms with Crippen LogP contribution in [0.4, 0.5) is 5.13 Å². The van der Waals surface area contributed by atoms with E-state index >= 15 is 0 Å². The van der Waals surface area contributed by atoms with Crippen LogP contribution in [-0.2, 0) is 11.3 Å². The summed E-state index contributed by atoms with van der Waals surface area (Å²) in [6.07, 6.45) is 2.20. The van der Waals surface area contributed by atoms with E-state index in [-0.39, 0.29) is 12.3 Å². The molecule has 0 amide bonds. The third-order valence-corrected chi connectivity index (χ3v) is 3.93. The Balaban J connectivity index is 1.50. The van der Waals surface area contributed by atoms with Gasteiger partial charge in [0.05, 0.1) is 0 Å². The third kappa shape index (κ3) is 3.82. The summed E-state index contributed by atoms with van der Waals surface area (Å²) in [5, 5.41) is 9.44. The van der Waals surface area contributed by atoms with E-state index < -0.39 is 5.97 Å². The normalized spacial score (nSPS) is 14.3. The van der Waals surface area contributed by atoms with Crippen molar-refractivity contribution in [1.82, 2.24) is 15.1 Å². The Morgan fingerprint density at radius 1 is 1.50 bits per heavy atom. The largest absolute Gasteiger partial charge is 0.451 e. The number of ether oxygens (including phenoxy) is 1. The quantitative estimate of drug-likeness (QED) is 0.784. The van der Waals surface area contributed by atoms with E-state index in [9.17, 15) is 4.79 Å². The predicted octanol–water partition coefficient (Wildman–Crippen LogP) is 2.83. The topological polar surface area (TPSA) is 90.1 Å². The van der Waals surface area contributed by atoms with E-state index in [4.69, 9.17) is 9.26 Å². The van der Waals surface area contributed by atoms with Crippen LogP contribution in [0.2, 0.25) is 0 Å². The average Bonchev–Trinajstić information content (AvgIpc) is 3.05. The fourth-order valence-electron chi connectivity index (χ4n) is 1.78. The SMILES string of the molecule is CC(C)CNc1nc(C(=O)OCc2nc(C3CC3)no2)cs1. The summed E-state index contributed by atoms with van der Waals surface area (Å²) in [6, 6.07) is 0. The molecule has 0 bridgehead atoms. The molecular weight excluding hydrogens is 304 g/mol. The zero-order valence-electron chi connectivity index (χ0n) is 12.5. The van der Waals surface area contributed by atoms with Crippen LogP contribution in [0.25, 0.3) is 0 Å². The van der Waals surface area contributed by atoms with Gasteiger partial charge in [-0.2, -0.15) is 4.98 Å². The Morgan fingerprint density at radius 2 is 2.32 bits per heavy atom. The van der Waals surface area contributed by atoms with Crippen LogP contribution in [-0.4, -0.2) is 27.6 Å². The molecule has 1 N–H and O–H groups in total. The van der Waals surface area contributed by atoms with Gasteiger partial charge < -0.3 is 14.6 Å². The number of aromatic nitrogens is 3. The number of esters is 1. The molecule has 0 saturated heterocycles. The summed E-state index contributed by atoms with van der Waals surface area (Å²) in [6.45, 7) is 5.00. The Hall–Kier alpha value is -1.96. The first-order chi connectivity index (χ1) is 10.6. The minimum atomic E-state index is -0.486. The molecule has 22 heavy (non-hydrogen) atoms. The van der Waals surface area contributed by atoms with Crippen LogP contribution in [0, 0.1) is 5.92 Å². The van der Waals surface area contributed by atoms with Crippen LogP contribution >= 0.6 is 11.3 Å². The average molecular weight is 322 g/mol. The van der Waals surface area contributed by atoms with E-state index in [0.29, 0.717) is 23.6 Å². The van der Waals surface area contributed by atoms with E-state index in [2.05, 4.69) is 34.3 Å². The lowest BCUT2D eigenvalue weighted by Gasteiger charge is -2.04. The molecule has 0 aliphatic heterocycles. The first-order valence-electron chi connectivity index (χ1n) is 7.31. The molecule has 3 rings (SSSR count). The van der Waals surface area contributed by atoms with Gasteiger partial charge in [-0.15, -0.1) is 11.3 Å². The highest BCUT2D eigenvalue weighted by Gasteiger charge is 2.29. The highest BCUT2D eigenvalue weighted by atomic mass is 32.1. The summed E-state index contributed by atoms with van der Waals surface area (Å²) in [5.41, 5.74) is 0.290. The molecule has 8 heteroatoms. The van der Waals surface area contributed by atoms with Gasteiger partial charge in [-0.25, -0.2) is 9.78 Å². The van der Waals surface area contributed by atoms with Crippen molar-refractivity contribution < 1.29 is 14.1 Å². The van der Waals surface area contributed by atoms with Gasteiger partial charge in [0.25, 0.3) is 5.89 Å². The number of hydrogen-bond acceptors (Lipinski definition) is 8. The van der Waals surface area contributed by atoms with Crippen molar-refractivity contribution in [3.8, 4) is 0 Å². The number of nitrogens with zero attached hydrogens (tertiary/aromatic N) is 3. The Bertz CT molecular complexity index is 648. The number of anilines is 1. The molecule has 1 aliphatic rings. The Kier molecular flexibility index (Phi) is 4.37. The highest BCUT2D eigenvalue weighted by molar-refractivity contribution is 7.13. The monoisotopic (exact) mass is 322 g/mol. The van der Waals surface area contributed by atoms with Crippen molar-refractivity contribution in [2.45, 2.75) is 39.2 Å². The maximum atomic E-state index is 11.9. The molecule has 0 radical (unpaired) electrons. The van der Waals surface area contributed by atoms with Gasteiger partial charge >= 0.3 is 5.97 Å². The predicted molar refractivity (Wildman–Crippen MR) is 80.8 cm³/mol. The molecule has 1 aliphatic carbocycles. The van der Waals surface area contributed by atoms with Gasteiger partial charge in [0.15, 0.2) is 23.3 Å². The van der Waals surface area contributed by atoms with Gasteiger partial charge in [-0.1, -0.05) is 19.0 Å². The minimum Gasteiger partial charge on any atom is -0.451 e. The van der Waals surface area contributed by atoms with Gasteiger partial charge in [0.1, 0.15) is 0 Å². The molecule has 2 heterocycles. The lowest BCUT2D eigenvalue weighted by Crippen LogP contribution is -2.09.